The fraction of sp³-hybridized carbons (Fsp3) is 0.692. The van der Waals surface area contributed by atoms with E-state index in [0.29, 0.717) is 18.3 Å². The summed E-state index contributed by atoms with van der Waals surface area (Å²) in [5.41, 5.74) is 0.909. The average molecular weight is 279 g/mol. The predicted molar refractivity (Wildman–Crippen MR) is 65.7 cm³/mol. The molecule has 1 aromatic heterocycles. The molecule has 1 aromatic rings. The highest BCUT2D eigenvalue weighted by Gasteiger charge is 2.37. The van der Waals surface area contributed by atoms with Crippen LogP contribution in [0.5, 0.6) is 0 Å². The molecule has 0 aromatic carbocycles. The monoisotopic (exact) mass is 279 g/mol. The Hall–Kier alpha value is -1.01. The maximum Gasteiger partial charge on any atom is 0.414 e. The zero-order valence-electron chi connectivity index (χ0n) is 11.6. The molecular weight excluding hydrogens is 259 g/mol. The summed E-state index contributed by atoms with van der Waals surface area (Å²) in [6, 6.07) is 2.02. The van der Waals surface area contributed by atoms with Crippen LogP contribution in [-0.2, 0) is 17.9 Å². The van der Waals surface area contributed by atoms with Crippen molar-refractivity contribution < 1.29 is 22.3 Å². The highest BCUT2D eigenvalue weighted by Crippen LogP contribution is 2.24. The van der Waals surface area contributed by atoms with E-state index in [4.69, 9.17) is 9.15 Å². The Bertz CT molecular complexity index is 399. The van der Waals surface area contributed by atoms with Crippen LogP contribution < -0.4 is 5.32 Å². The highest BCUT2D eigenvalue weighted by atomic mass is 19.4. The first-order valence-corrected chi connectivity index (χ1v) is 6.20. The van der Waals surface area contributed by atoms with Gasteiger partial charge in [-0.15, -0.1) is 0 Å². The van der Waals surface area contributed by atoms with E-state index >= 15 is 0 Å². The van der Waals surface area contributed by atoms with E-state index < -0.39 is 12.3 Å². The van der Waals surface area contributed by atoms with Crippen molar-refractivity contribution in [2.45, 2.75) is 59.2 Å². The van der Waals surface area contributed by atoms with Crippen molar-refractivity contribution in [1.82, 2.24) is 5.32 Å². The molecule has 1 N–H and O–H groups in total. The summed E-state index contributed by atoms with van der Waals surface area (Å²) in [6.45, 7) is 7.23. The van der Waals surface area contributed by atoms with Crippen LogP contribution in [0.3, 0.4) is 0 Å². The van der Waals surface area contributed by atoms with Crippen molar-refractivity contribution in [2.24, 2.45) is 0 Å². The van der Waals surface area contributed by atoms with Crippen molar-refractivity contribution in [3.63, 3.8) is 0 Å². The van der Waals surface area contributed by atoms with Gasteiger partial charge in [-0.1, -0.05) is 13.8 Å². The molecule has 0 spiro atoms. The second-order valence-electron chi connectivity index (χ2n) is 4.85. The van der Waals surface area contributed by atoms with Gasteiger partial charge in [-0.3, -0.25) is 0 Å². The summed E-state index contributed by atoms with van der Waals surface area (Å²) in [4.78, 5) is 0. The first-order chi connectivity index (χ1) is 8.70. The molecule has 19 heavy (non-hydrogen) atoms. The molecule has 1 heterocycles. The van der Waals surface area contributed by atoms with Crippen molar-refractivity contribution >= 4 is 0 Å². The van der Waals surface area contributed by atoms with Gasteiger partial charge in [-0.2, -0.15) is 13.2 Å². The number of nitrogens with one attached hydrogen (secondary N) is 1. The minimum atomic E-state index is -4.34. The molecule has 0 aliphatic carbocycles. The predicted octanol–water partition coefficient (Wildman–Crippen LogP) is 3.55. The van der Waals surface area contributed by atoms with Crippen LogP contribution in [0.4, 0.5) is 13.2 Å². The van der Waals surface area contributed by atoms with Gasteiger partial charge in [0.25, 0.3) is 0 Å². The van der Waals surface area contributed by atoms with Gasteiger partial charge in [0.2, 0.25) is 0 Å². The van der Waals surface area contributed by atoms with Crippen molar-refractivity contribution in [2.75, 3.05) is 0 Å². The summed E-state index contributed by atoms with van der Waals surface area (Å²) < 4.78 is 47.1. The molecule has 0 bridgehead atoms. The Labute approximate surface area is 111 Å². The molecular formula is C13H20F3NO2. The van der Waals surface area contributed by atoms with Gasteiger partial charge in [0, 0.05) is 6.04 Å². The zero-order valence-corrected chi connectivity index (χ0v) is 11.6. The first-order valence-electron chi connectivity index (χ1n) is 6.20. The van der Waals surface area contributed by atoms with Gasteiger partial charge >= 0.3 is 6.18 Å². The third-order valence-corrected chi connectivity index (χ3v) is 2.68. The Kier molecular flexibility index (Phi) is 5.43. The molecule has 1 rings (SSSR count). The van der Waals surface area contributed by atoms with Crippen LogP contribution in [0.25, 0.3) is 0 Å². The summed E-state index contributed by atoms with van der Waals surface area (Å²) in [5.74, 6) is 1.14. The molecule has 1 unspecified atom stereocenters. The first kappa shape index (κ1) is 16.0. The minimum Gasteiger partial charge on any atom is -0.462 e. The third kappa shape index (κ3) is 5.24. The number of rotatable bonds is 6. The van der Waals surface area contributed by atoms with Crippen LogP contribution in [0.1, 0.15) is 37.9 Å². The number of alkyl halides is 3. The lowest BCUT2D eigenvalue weighted by atomic mass is 10.2. The number of furan rings is 1. The number of hydrogen-bond donors (Lipinski definition) is 1. The molecule has 0 aliphatic heterocycles. The normalized spacial score (nSPS) is 14.1. The third-order valence-electron chi connectivity index (χ3n) is 2.68. The van der Waals surface area contributed by atoms with E-state index in [-0.39, 0.29) is 6.61 Å². The van der Waals surface area contributed by atoms with Gasteiger partial charge in [0.15, 0.2) is 6.10 Å². The number of ether oxygens (including phenoxy) is 1. The Morgan fingerprint density at radius 3 is 2.47 bits per heavy atom. The number of hydrogen-bond acceptors (Lipinski definition) is 3. The standard InChI is InChI=1S/C13H20F3NO2/c1-8(2)17-6-12-9(3)5-11(19-12)7-18-10(4)13(14,15)16/h5,8,10,17H,6-7H2,1-4H3. The van der Waals surface area contributed by atoms with Gasteiger partial charge < -0.3 is 14.5 Å². The molecule has 0 radical (unpaired) electrons. The van der Waals surface area contributed by atoms with Gasteiger partial charge in [-0.05, 0) is 25.5 Å². The fourth-order valence-corrected chi connectivity index (χ4v) is 1.44. The number of aryl methyl sites for hydroxylation is 1. The maximum atomic E-state index is 12.3. The van der Waals surface area contributed by atoms with Crippen molar-refractivity contribution in [3.8, 4) is 0 Å². The molecule has 0 amide bonds. The minimum absolute atomic E-state index is 0.177. The van der Waals surface area contributed by atoms with E-state index in [1.54, 1.807) is 6.07 Å². The van der Waals surface area contributed by atoms with E-state index in [2.05, 4.69) is 5.32 Å². The lowest BCUT2D eigenvalue weighted by molar-refractivity contribution is -0.218. The molecule has 1 atom stereocenters. The summed E-state index contributed by atoms with van der Waals surface area (Å²) in [7, 11) is 0. The van der Waals surface area contributed by atoms with Crippen LogP contribution in [0.2, 0.25) is 0 Å². The number of halogens is 3. The van der Waals surface area contributed by atoms with Gasteiger partial charge in [0.05, 0.1) is 6.54 Å². The molecule has 6 heteroatoms. The molecule has 3 nitrogen and oxygen atoms in total. The van der Waals surface area contributed by atoms with Crippen molar-refractivity contribution in [1.29, 1.82) is 0 Å². The maximum absolute atomic E-state index is 12.3. The zero-order chi connectivity index (χ0) is 14.6. The summed E-state index contributed by atoms with van der Waals surface area (Å²) >= 11 is 0. The Morgan fingerprint density at radius 1 is 1.32 bits per heavy atom. The largest absolute Gasteiger partial charge is 0.462 e. The van der Waals surface area contributed by atoms with E-state index in [0.717, 1.165) is 18.2 Å². The summed E-state index contributed by atoms with van der Waals surface area (Å²) in [6.07, 6.45) is -6.14. The van der Waals surface area contributed by atoms with Crippen LogP contribution in [0, 0.1) is 6.92 Å². The summed E-state index contributed by atoms with van der Waals surface area (Å²) in [5, 5.41) is 3.19. The van der Waals surface area contributed by atoms with Gasteiger partial charge in [-0.25, -0.2) is 0 Å². The quantitative estimate of drug-likeness (QED) is 0.864. The second kappa shape index (κ2) is 6.43. The van der Waals surface area contributed by atoms with Crippen LogP contribution in [0.15, 0.2) is 10.5 Å². The smallest absolute Gasteiger partial charge is 0.414 e. The van der Waals surface area contributed by atoms with Crippen molar-refractivity contribution in [3.05, 3.63) is 23.2 Å². The van der Waals surface area contributed by atoms with Crippen LogP contribution in [-0.4, -0.2) is 18.3 Å². The molecule has 0 aliphatic rings. The lowest BCUT2D eigenvalue weighted by Gasteiger charge is -2.15. The highest BCUT2D eigenvalue weighted by molar-refractivity contribution is 5.19. The molecule has 0 fully saturated rings. The average Bonchev–Trinajstić information content (AvgIpc) is 2.62. The van der Waals surface area contributed by atoms with E-state index in [1.807, 2.05) is 20.8 Å². The SMILES string of the molecule is Cc1cc(COC(C)C(F)(F)F)oc1CNC(C)C. The lowest BCUT2D eigenvalue weighted by Crippen LogP contribution is -2.28. The van der Waals surface area contributed by atoms with E-state index in [1.165, 1.54) is 0 Å². The fourth-order valence-electron chi connectivity index (χ4n) is 1.44. The molecule has 110 valence electrons. The van der Waals surface area contributed by atoms with Crippen LogP contribution >= 0.6 is 0 Å². The topological polar surface area (TPSA) is 34.4 Å². The van der Waals surface area contributed by atoms with Gasteiger partial charge in [0.1, 0.15) is 18.1 Å². The Balaban J connectivity index is 2.54. The van der Waals surface area contributed by atoms with E-state index in [9.17, 15) is 13.2 Å². The second-order valence-corrected chi connectivity index (χ2v) is 4.85. The Morgan fingerprint density at radius 2 is 1.95 bits per heavy atom. The molecule has 0 saturated carbocycles. The molecule has 0 saturated heterocycles.